The van der Waals surface area contributed by atoms with Crippen molar-refractivity contribution in [1.82, 2.24) is 20.4 Å². The number of carbonyl (C=O) groups is 1. The second kappa shape index (κ2) is 7.40. The highest BCUT2D eigenvalue weighted by molar-refractivity contribution is 5.78. The number of piperidine rings is 1. The first-order chi connectivity index (χ1) is 12.3. The van der Waals surface area contributed by atoms with Crippen LogP contribution in [-0.2, 0) is 4.79 Å². The molecule has 1 aliphatic heterocycles. The summed E-state index contributed by atoms with van der Waals surface area (Å²) >= 11 is 0. The zero-order chi connectivity index (χ0) is 17.1. The van der Waals surface area contributed by atoms with E-state index in [0.717, 1.165) is 25.9 Å². The Hall–Kier alpha value is -2.14. The topological polar surface area (TPSA) is 61.0 Å². The van der Waals surface area contributed by atoms with Crippen LogP contribution in [0.25, 0.3) is 0 Å². The molecule has 5 heteroatoms. The first-order valence-corrected chi connectivity index (χ1v) is 9.35. The number of rotatable bonds is 6. The van der Waals surface area contributed by atoms with Gasteiger partial charge in [0.05, 0.1) is 12.6 Å². The van der Waals surface area contributed by atoms with Crippen molar-refractivity contribution in [2.75, 3.05) is 19.6 Å². The third kappa shape index (κ3) is 4.10. The molecule has 1 aliphatic carbocycles. The summed E-state index contributed by atoms with van der Waals surface area (Å²) in [5.74, 6) is 1.20. The Morgan fingerprint density at radius 2 is 2.08 bits per heavy atom. The Kier molecular flexibility index (Phi) is 4.83. The quantitative estimate of drug-likeness (QED) is 0.851. The smallest absolute Gasteiger partial charge is 0.234 e. The third-order valence-electron chi connectivity index (χ3n) is 5.40. The number of carbonyl (C=O) groups excluding carboxylic acids is 1. The zero-order valence-electron chi connectivity index (χ0n) is 14.5. The standard InChI is InChI=1S/C20H26N4O/c25-19(22-20(16-8-9-16)15-5-2-1-3-6-15)14-24-12-4-7-17(13-24)18-10-11-21-23-18/h1-3,5-6,10-11,16-17,20H,4,7-9,12-14H2,(H,21,23)(H,22,25)/t17-,20-/m0/s1. The van der Waals surface area contributed by atoms with Crippen LogP contribution in [0.4, 0.5) is 0 Å². The minimum absolute atomic E-state index is 0.144. The molecule has 1 aromatic heterocycles. The molecule has 25 heavy (non-hydrogen) atoms. The number of aromatic nitrogens is 2. The molecule has 1 saturated heterocycles. The Balaban J connectivity index is 1.35. The predicted octanol–water partition coefficient (Wildman–Crippen LogP) is 2.86. The Bertz CT molecular complexity index is 681. The number of hydrogen-bond acceptors (Lipinski definition) is 3. The molecular weight excluding hydrogens is 312 g/mol. The van der Waals surface area contributed by atoms with Gasteiger partial charge in [-0.3, -0.25) is 14.8 Å². The maximum Gasteiger partial charge on any atom is 0.234 e. The van der Waals surface area contributed by atoms with Crippen LogP contribution in [0.3, 0.4) is 0 Å². The molecule has 132 valence electrons. The molecule has 0 radical (unpaired) electrons. The van der Waals surface area contributed by atoms with Crippen molar-refractivity contribution in [3.8, 4) is 0 Å². The molecule has 2 aromatic rings. The lowest BCUT2D eigenvalue weighted by molar-refractivity contribution is -0.123. The molecule has 1 aromatic carbocycles. The normalized spacial score (nSPS) is 22.5. The molecule has 1 amide bonds. The van der Waals surface area contributed by atoms with E-state index in [2.05, 4.69) is 44.7 Å². The number of benzene rings is 1. The van der Waals surface area contributed by atoms with Gasteiger partial charge in [-0.05, 0) is 49.8 Å². The van der Waals surface area contributed by atoms with Gasteiger partial charge in [-0.25, -0.2) is 0 Å². The average molecular weight is 338 g/mol. The number of amides is 1. The zero-order valence-corrected chi connectivity index (χ0v) is 14.5. The number of aromatic amines is 1. The van der Waals surface area contributed by atoms with Crippen molar-refractivity contribution in [2.45, 2.75) is 37.6 Å². The first kappa shape index (κ1) is 16.3. The van der Waals surface area contributed by atoms with Gasteiger partial charge in [0.1, 0.15) is 0 Å². The Morgan fingerprint density at radius 3 is 2.80 bits per heavy atom. The second-order valence-corrected chi connectivity index (χ2v) is 7.38. The summed E-state index contributed by atoms with van der Waals surface area (Å²) in [7, 11) is 0. The van der Waals surface area contributed by atoms with Gasteiger partial charge in [0, 0.05) is 24.4 Å². The monoisotopic (exact) mass is 338 g/mol. The Labute approximate surface area is 148 Å². The lowest BCUT2D eigenvalue weighted by atomic mass is 9.95. The number of H-pyrrole nitrogens is 1. The van der Waals surface area contributed by atoms with Crippen LogP contribution in [0.5, 0.6) is 0 Å². The van der Waals surface area contributed by atoms with Gasteiger partial charge in [0.25, 0.3) is 0 Å². The molecule has 0 spiro atoms. The van der Waals surface area contributed by atoms with Gasteiger partial charge < -0.3 is 5.32 Å². The van der Waals surface area contributed by atoms with Crippen LogP contribution in [0, 0.1) is 5.92 Å². The van der Waals surface area contributed by atoms with E-state index in [0.29, 0.717) is 18.4 Å². The molecule has 2 heterocycles. The van der Waals surface area contributed by atoms with E-state index in [1.807, 2.05) is 12.1 Å². The Morgan fingerprint density at radius 1 is 1.24 bits per heavy atom. The van der Waals surface area contributed by atoms with Crippen LogP contribution >= 0.6 is 0 Å². The average Bonchev–Trinajstić information content (AvgIpc) is 3.33. The molecule has 2 aliphatic rings. The summed E-state index contributed by atoms with van der Waals surface area (Å²) in [5.41, 5.74) is 2.41. The van der Waals surface area contributed by atoms with E-state index >= 15 is 0 Å². The largest absolute Gasteiger partial charge is 0.348 e. The predicted molar refractivity (Wildman–Crippen MR) is 97.1 cm³/mol. The van der Waals surface area contributed by atoms with Crippen molar-refractivity contribution < 1.29 is 4.79 Å². The summed E-state index contributed by atoms with van der Waals surface area (Å²) in [6.45, 7) is 2.41. The van der Waals surface area contributed by atoms with Crippen LogP contribution < -0.4 is 5.32 Å². The molecule has 4 rings (SSSR count). The fourth-order valence-corrected chi connectivity index (χ4v) is 3.93. The van der Waals surface area contributed by atoms with Crippen molar-refractivity contribution >= 4 is 5.91 Å². The summed E-state index contributed by atoms with van der Waals surface area (Å²) in [4.78, 5) is 14.9. The van der Waals surface area contributed by atoms with Crippen LogP contribution in [0.1, 0.15) is 48.9 Å². The van der Waals surface area contributed by atoms with Crippen LogP contribution in [0.15, 0.2) is 42.6 Å². The number of nitrogens with zero attached hydrogens (tertiary/aromatic N) is 2. The maximum absolute atomic E-state index is 12.6. The SMILES string of the molecule is O=C(CN1CCC[C@H](c2ccn[nH]2)C1)N[C@@H](c1ccccc1)C1CC1. The van der Waals surface area contributed by atoms with Crippen LogP contribution in [-0.4, -0.2) is 40.6 Å². The highest BCUT2D eigenvalue weighted by Crippen LogP contribution is 2.40. The van der Waals surface area contributed by atoms with Crippen molar-refractivity contribution in [1.29, 1.82) is 0 Å². The van der Waals surface area contributed by atoms with Crippen molar-refractivity contribution in [3.63, 3.8) is 0 Å². The fourth-order valence-electron chi connectivity index (χ4n) is 3.93. The molecular formula is C20H26N4O. The molecule has 2 N–H and O–H groups in total. The van der Waals surface area contributed by atoms with Gasteiger partial charge in [-0.2, -0.15) is 5.10 Å². The van der Waals surface area contributed by atoms with Crippen molar-refractivity contribution in [2.24, 2.45) is 5.92 Å². The van der Waals surface area contributed by atoms with Gasteiger partial charge in [-0.15, -0.1) is 0 Å². The number of hydrogen-bond donors (Lipinski definition) is 2. The minimum Gasteiger partial charge on any atom is -0.348 e. The molecule has 2 atom stereocenters. The van der Waals surface area contributed by atoms with E-state index in [4.69, 9.17) is 0 Å². The molecule has 0 bridgehead atoms. The molecule has 5 nitrogen and oxygen atoms in total. The third-order valence-corrected chi connectivity index (χ3v) is 5.40. The lowest BCUT2D eigenvalue weighted by Crippen LogP contribution is -2.43. The number of likely N-dealkylation sites (tertiary alicyclic amines) is 1. The summed E-state index contributed by atoms with van der Waals surface area (Å²) in [6, 6.07) is 12.6. The summed E-state index contributed by atoms with van der Waals surface area (Å²) in [6.07, 6.45) is 6.52. The molecule has 0 unspecified atom stereocenters. The van der Waals surface area contributed by atoms with Crippen molar-refractivity contribution in [3.05, 3.63) is 53.9 Å². The minimum atomic E-state index is 0.144. The first-order valence-electron chi connectivity index (χ1n) is 9.35. The molecule has 2 fully saturated rings. The molecule has 1 saturated carbocycles. The van der Waals surface area contributed by atoms with Gasteiger partial charge in [0.15, 0.2) is 0 Å². The number of nitrogens with one attached hydrogen (secondary N) is 2. The summed E-state index contributed by atoms with van der Waals surface area (Å²) in [5, 5.41) is 10.4. The van der Waals surface area contributed by atoms with E-state index in [1.54, 1.807) is 6.20 Å². The van der Waals surface area contributed by atoms with Gasteiger partial charge >= 0.3 is 0 Å². The summed E-state index contributed by atoms with van der Waals surface area (Å²) < 4.78 is 0. The van der Waals surface area contributed by atoms with E-state index in [1.165, 1.54) is 24.1 Å². The highest BCUT2D eigenvalue weighted by Gasteiger charge is 2.33. The fraction of sp³-hybridized carbons (Fsp3) is 0.500. The lowest BCUT2D eigenvalue weighted by Gasteiger charge is -2.32. The second-order valence-electron chi connectivity index (χ2n) is 7.38. The van der Waals surface area contributed by atoms with Crippen LogP contribution in [0.2, 0.25) is 0 Å². The van der Waals surface area contributed by atoms with E-state index < -0.39 is 0 Å². The van der Waals surface area contributed by atoms with Gasteiger partial charge in [0.2, 0.25) is 5.91 Å². The highest BCUT2D eigenvalue weighted by atomic mass is 16.2. The van der Waals surface area contributed by atoms with E-state index in [9.17, 15) is 4.79 Å². The maximum atomic E-state index is 12.6. The van der Waals surface area contributed by atoms with Gasteiger partial charge in [-0.1, -0.05) is 30.3 Å². The van der Waals surface area contributed by atoms with E-state index in [-0.39, 0.29) is 11.9 Å².